The highest BCUT2D eigenvalue weighted by molar-refractivity contribution is 7.99. The monoisotopic (exact) mass is 424 g/mol. The Kier molecular flexibility index (Phi) is 5.75. The van der Waals surface area contributed by atoms with Gasteiger partial charge in [0.15, 0.2) is 22.6 Å². The molecule has 0 spiro atoms. The lowest BCUT2D eigenvalue weighted by atomic mass is 10.3. The number of nitrogens with zero attached hydrogens (tertiary/aromatic N) is 5. The molecule has 4 rings (SSSR count). The number of halogens is 2. The van der Waals surface area contributed by atoms with Crippen molar-refractivity contribution in [3.8, 4) is 17.2 Å². The molecule has 0 unspecified atom stereocenters. The molecule has 10 heteroatoms. The molecule has 0 bridgehead atoms. The van der Waals surface area contributed by atoms with Gasteiger partial charge in [-0.25, -0.2) is 13.8 Å². The molecular weight excluding hydrogens is 410 g/mol. The van der Waals surface area contributed by atoms with Gasteiger partial charge in [-0.1, -0.05) is 30.0 Å². The second-order valence-electron chi connectivity index (χ2n) is 6.03. The highest BCUT2D eigenvalue weighted by Gasteiger charge is 2.18. The molecule has 0 saturated heterocycles. The van der Waals surface area contributed by atoms with Crippen LogP contribution in [-0.2, 0) is 4.79 Å². The Morgan fingerprint density at radius 1 is 1.03 bits per heavy atom. The van der Waals surface area contributed by atoms with Crippen LogP contribution in [-0.4, -0.2) is 36.4 Å². The molecule has 0 radical (unpaired) electrons. The van der Waals surface area contributed by atoms with Crippen LogP contribution in [0.3, 0.4) is 0 Å². The first-order valence-electron chi connectivity index (χ1n) is 8.77. The number of benzene rings is 2. The summed E-state index contributed by atoms with van der Waals surface area (Å²) in [5, 5.41) is 11.4. The zero-order valence-electron chi connectivity index (χ0n) is 15.4. The van der Waals surface area contributed by atoms with Crippen molar-refractivity contribution in [3.63, 3.8) is 0 Å². The fourth-order valence-electron chi connectivity index (χ4n) is 2.65. The fraction of sp³-hybridized carbons (Fsp3) is 0.0500. The first kappa shape index (κ1) is 19.6. The van der Waals surface area contributed by atoms with Gasteiger partial charge < -0.3 is 5.32 Å². The van der Waals surface area contributed by atoms with Gasteiger partial charge in [-0.3, -0.25) is 14.3 Å². The Morgan fingerprint density at radius 3 is 2.60 bits per heavy atom. The Hall–Kier alpha value is -3.66. The average molecular weight is 424 g/mol. The summed E-state index contributed by atoms with van der Waals surface area (Å²) in [5.41, 5.74) is 1.50. The minimum absolute atomic E-state index is 0.00949. The van der Waals surface area contributed by atoms with Crippen LogP contribution >= 0.6 is 11.8 Å². The zero-order chi connectivity index (χ0) is 20.9. The van der Waals surface area contributed by atoms with Crippen molar-refractivity contribution in [1.82, 2.24) is 24.7 Å². The lowest BCUT2D eigenvalue weighted by molar-refractivity contribution is -0.113. The van der Waals surface area contributed by atoms with Gasteiger partial charge in [0.2, 0.25) is 5.91 Å². The van der Waals surface area contributed by atoms with E-state index in [0.717, 1.165) is 29.6 Å². The Morgan fingerprint density at radius 2 is 1.87 bits per heavy atom. The van der Waals surface area contributed by atoms with E-state index in [1.54, 1.807) is 23.2 Å². The van der Waals surface area contributed by atoms with Crippen molar-refractivity contribution in [2.24, 2.45) is 0 Å². The van der Waals surface area contributed by atoms with E-state index >= 15 is 0 Å². The summed E-state index contributed by atoms with van der Waals surface area (Å²) >= 11 is 1.15. The average Bonchev–Trinajstić information content (AvgIpc) is 3.20. The van der Waals surface area contributed by atoms with E-state index in [1.165, 1.54) is 6.07 Å². The van der Waals surface area contributed by atoms with Crippen molar-refractivity contribution < 1.29 is 13.6 Å². The van der Waals surface area contributed by atoms with E-state index in [-0.39, 0.29) is 11.4 Å². The van der Waals surface area contributed by atoms with Crippen molar-refractivity contribution >= 4 is 23.4 Å². The minimum Gasteiger partial charge on any atom is -0.325 e. The van der Waals surface area contributed by atoms with Gasteiger partial charge in [0.1, 0.15) is 5.69 Å². The number of nitrogens with one attached hydrogen (secondary N) is 1. The highest BCUT2D eigenvalue weighted by atomic mass is 32.2. The van der Waals surface area contributed by atoms with E-state index in [2.05, 4.69) is 25.5 Å². The summed E-state index contributed by atoms with van der Waals surface area (Å²) in [6, 6.07) is 12.6. The summed E-state index contributed by atoms with van der Waals surface area (Å²) in [4.78, 5) is 20.6. The second kappa shape index (κ2) is 8.78. The Balaban J connectivity index is 1.56. The molecule has 1 amide bonds. The molecule has 7 nitrogen and oxygen atoms in total. The quantitative estimate of drug-likeness (QED) is 0.475. The summed E-state index contributed by atoms with van der Waals surface area (Å²) in [5.74, 6) is -1.93. The first-order chi connectivity index (χ1) is 14.6. The van der Waals surface area contributed by atoms with Crippen LogP contribution in [0.25, 0.3) is 17.2 Å². The standard InChI is InChI=1S/C20H14F2N6OS/c21-15-7-6-13(10-16(15)22)25-18(29)12-30-20-27-26-19(17-11-23-8-9-24-17)28(20)14-4-2-1-3-5-14/h1-11H,12H2,(H,25,29). The Bertz CT molecular complexity index is 1170. The third-order valence-electron chi connectivity index (χ3n) is 3.98. The molecule has 30 heavy (non-hydrogen) atoms. The van der Waals surface area contributed by atoms with E-state index in [1.807, 2.05) is 30.3 Å². The van der Waals surface area contributed by atoms with Gasteiger partial charge in [0.05, 0.1) is 11.9 Å². The van der Waals surface area contributed by atoms with Crippen LogP contribution in [0, 0.1) is 11.6 Å². The van der Waals surface area contributed by atoms with Gasteiger partial charge in [-0.15, -0.1) is 10.2 Å². The molecule has 0 aliphatic carbocycles. The lowest BCUT2D eigenvalue weighted by Gasteiger charge is -2.10. The normalized spacial score (nSPS) is 10.7. The summed E-state index contributed by atoms with van der Waals surface area (Å²) in [7, 11) is 0. The molecular formula is C20H14F2N6OS. The van der Waals surface area contributed by atoms with E-state index in [0.29, 0.717) is 16.7 Å². The van der Waals surface area contributed by atoms with Crippen LogP contribution in [0.15, 0.2) is 72.3 Å². The molecule has 150 valence electrons. The summed E-state index contributed by atoms with van der Waals surface area (Å²) in [6.07, 6.45) is 4.69. The lowest BCUT2D eigenvalue weighted by Crippen LogP contribution is -2.15. The largest absolute Gasteiger partial charge is 0.325 e. The number of hydrogen-bond donors (Lipinski definition) is 1. The maximum atomic E-state index is 13.3. The number of carbonyl (C=O) groups is 1. The van der Waals surface area contributed by atoms with E-state index < -0.39 is 17.5 Å². The molecule has 1 N–H and O–H groups in total. The van der Waals surface area contributed by atoms with E-state index in [9.17, 15) is 13.6 Å². The predicted octanol–water partition coefficient (Wildman–Crippen LogP) is 3.73. The number of para-hydroxylation sites is 1. The number of anilines is 1. The maximum absolute atomic E-state index is 13.3. The molecule has 2 heterocycles. The number of amides is 1. The predicted molar refractivity (Wildman–Crippen MR) is 108 cm³/mol. The zero-order valence-corrected chi connectivity index (χ0v) is 16.2. The topological polar surface area (TPSA) is 85.6 Å². The number of rotatable bonds is 6. The highest BCUT2D eigenvalue weighted by Crippen LogP contribution is 2.26. The number of aromatic nitrogens is 5. The molecule has 2 aromatic carbocycles. The van der Waals surface area contributed by atoms with Gasteiger partial charge in [0, 0.05) is 29.8 Å². The third-order valence-corrected chi connectivity index (χ3v) is 4.90. The molecule has 2 aromatic heterocycles. The third kappa shape index (κ3) is 4.33. The van der Waals surface area contributed by atoms with Crippen LogP contribution in [0.2, 0.25) is 0 Å². The fourth-order valence-corrected chi connectivity index (χ4v) is 3.41. The van der Waals surface area contributed by atoms with Crippen molar-refractivity contribution in [1.29, 1.82) is 0 Å². The van der Waals surface area contributed by atoms with Gasteiger partial charge >= 0.3 is 0 Å². The molecule has 0 aliphatic rings. The molecule has 0 fully saturated rings. The van der Waals surface area contributed by atoms with Crippen LogP contribution < -0.4 is 5.32 Å². The van der Waals surface area contributed by atoms with Crippen molar-refractivity contribution in [2.45, 2.75) is 5.16 Å². The smallest absolute Gasteiger partial charge is 0.234 e. The number of carbonyl (C=O) groups excluding carboxylic acids is 1. The summed E-state index contributed by atoms with van der Waals surface area (Å²) in [6.45, 7) is 0. The first-order valence-corrected chi connectivity index (χ1v) is 9.75. The molecule has 0 saturated carbocycles. The van der Waals surface area contributed by atoms with Crippen LogP contribution in [0.4, 0.5) is 14.5 Å². The molecule has 4 aromatic rings. The summed E-state index contributed by atoms with van der Waals surface area (Å²) < 4.78 is 28.1. The number of hydrogen-bond acceptors (Lipinski definition) is 6. The SMILES string of the molecule is O=C(CSc1nnc(-c2cnccn2)n1-c1ccccc1)Nc1ccc(F)c(F)c1. The van der Waals surface area contributed by atoms with Gasteiger partial charge in [-0.05, 0) is 24.3 Å². The van der Waals surface area contributed by atoms with Crippen LogP contribution in [0.1, 0.15) is 0 Å². The van der Waals surface area contributed by atoms with E-state index in [4.69, 9.17) is 0 Å². The van der Waals surface area contributed by atoms with Crippen molar-refractivity contribution in [2.75, 3.05) is 11.1 Å². The maximum Gasteiger partial charge on any atom is 0.234 e. The van der Waals surface area contributed by atoms with Gasteiger partial charge in [-0.2, -0.15) is 0 Å². The molecule has 0 atom stereocenters. The Labute approximate surface area is 174 Å². The van der Waals surface area contributed by atoms with Crippen molar-refractivity contribution in [3.05, 3.63) is 78.8 Å². The minimum atomic E-state index is -1.03. The van der Waals surface area contributed by atoms with Crippen LogP contribution in [0.5, 0.6) is 0 Å². The number of thioether (sulfide) groups is 1. The second-order valence-corrected chi connectivity index (χ2v) is 6.98. The van der Waals surface area contributed by atoms with Gasteiger partial charge in [0.25, 0.3) is 0 Å². The molecule has 0 aliphatic heterocycles.